The van der Waals surface area contributed by atoms with E-state index in [0.29, 0.717) is 24.8 Å². The molecule has 0 spiro atoms. The summed E-state index contributed by atoms with van der Waals surface area (Å²) in [5, 5.41) is 12.2. The Hall–Kier alpha value is -2.01. The summed E-state index contributed by atoms with van der Waals surface area (Å²) >= 11 is 0. The number of cyclic esters (lactones) is 1. The molecular weight excluding hydrogens is 416 g/mol. The third kappa shape index (κ3) is 2.78. The molecule has 178 valence electrons. The highest BCUT2D eigenvalue weighted by molar-refractivity contribution is 6.00. The molecule has 5 rings (SSSR count). The largest absolute Gasteiger partial charge is 0.458 e. The summed E-state index contributed by atoms with van der Waals surface area (Å²) in [7, 11) is 0. The molecule has 0 radical (unpaired) electrons. The zero-order valence-corrected chi connectivity index (χ0v) is 20.4. The van der Waals surface area contributed by atoms with Gasteiger partial charge in [0.05, 0.1) is 16.4 Å². The summed E-state index contributed by atoms with van der Waals surface area (Å²) in [6.45, 7) is 9.63. The normalized spacial score (nSPS) is 45.8. The Balaban J connectivity index is 1.50. The minimum absolute atomic E-state index is 0.0153. The van der Waals surface area contributed by atoms with E-state index in [2.05, 4.69) is 6.08 Å². The highest BCUT2D eigenvalue weighted by Gasteiger charge is 2.70. The second-order valence-electron chi connectivity index (χ2n) is 11.6. The summed E-state index contributed by atoms with van der Waals surface area (Å²) < 4.78 is 5.75. The Morgan fingerprint density at radius 3 is 2.55 bits per heavy atom. The van der Waals surface area contributed by atoms with Crippen LogP contribution in [0.4, 0.5) is 0 Å². The van der Waals surface area contributed by atoms with E-state index in [-0.39, 0.29) is 41.2 Å². The summed E-state index contributed by atoms with van der Waals surface area (Å²) in [5.74, 6) is -0.313. The highest BCUT2D eigenvalue weighted by Crippen LogP contribution is 2.66. The molecule has 2 saturated carbocycles. The standard InChI is InChI=1S/C28H36O5/c1-15-13-22(33-25(31)16(15)2)17(3)28(32)12-11-20-19-10-9-18-7-6-8-23(29)26(18,4)21(19)14-24(30)27(20,28)5/h6,8-9,17,19-22,32H,7,10-14H2,1-5H3/t17-,19+,20+,21+,22-,26+,27-,28-/m1/s1. The van der Waals surface area contributed by atoms with Crippen LogP contribution in [0.15, 0.2) is 34.9 Å². The van der Waals surface area contributed by atoms with E-state index in [0.717, 1.165) is 30.4 Å². The molecule has 5 aliphatic rings. The number of allylic oxidation sites excluding steroid dienone is 4. The number of aliphatic hydroxyl groups is 1. The SMILES string of the molecule is CC1=C(C)C(=O)O[C@@H]([C@@H](C)[C@]2(O)CC[C@H]3[C@@H]4CC=C5CC=CC(=O)[C@]5(C)[C@H]4CC(=O)[C@@]32C)C1. The van der Waals surface area contributed by atoms with Crippen LogP contribution in [0.3, 0.4) is 0 Å². The summed E-state index contributed by atoms with van der Waals surface area (Å²) in [6.07, 6.45) is 9.24. The van der Waals surface area contributed by atoms with Crippen molar-refractivity contribution in [3.8, 4) is 0 Å². The zero-order chi connectivity index (χ0) is 23.9. The van der Waals surface area contributed by atoms with Crippen LogP contribution in [0.5, 0.6) is 0 Å². The lowest BCUT2D eigenvalue weighted by atomic mass is 9.46. The molecule has 5 nitrogen and oxygen atoms in total. The van der Waals surface area contributed by atoms with E-state index < -0.39 is 22.5 Å². The quantitative estimate of drug-likeness (QED) is 0.493. The van der Waals surface area contributed by atoms with Crippen molar-refractivity contribution in [1.29, 1.82) is 0 Å². The molecule has 1 N–H and O–H groups in total. The van der Waals surface area contributed by atoms with Crippen LogP contribution < -0.4 is 0 Å². The number of rotatable bonds is 2. The molecule has 0 aromatic rings. The number of Topliss-reactive ketones (excluding diaryl/α,β-unsaturated/α-hetero) is 1. The Labute approximate surface area is 196 Å². The third-order valence-electron chi connectivity index (χ3n) is 10.7. The Morgan fingerprint density at radius 2 is 1.85 bits per heavy atom. The number of esters is 1. The predicted molar refractivity (Wildman–Crippen MR) is 124 cm³/mol. The van der Waals surface area contributed by atoms with Crippen LogP contribution in [0.2, 0.25) is 0 Å². The van der Waals surface area contributed by atoms with Crippen molar-refractivity contribution in [3.05, 3.63) is 34.9 Å². The minimum Gasteiger partial charge on any atom is -0.458 e. The molecule has 0 saturated heterocycles. The molecule has 0 amide bonds. The van der Waals surface area contributed by atoms with Crippen LogP contribution >= 0.6 is 0 Å². The molecule has 4 aliphatic carbocycles. The van der Waals surface area contributed by atoms with E-state index >= 15 is 0 Å². The molecule has 0 unspecified atom stereocenters. The van der Waals surface area contributed by atoms with Crippen molar-refractivity contribution in [2.45, 2.75) is 84.8 Å². The van der Waals surface area contributed by atoms with Crippen LogP contribution in [0.1, 0.15) is 73.1 Å². The topological polar surface area (TPSA) is 80.7 Å². The smallest absolute Gasteiger partial charge is 0.333 e. The van der Waals surface area contributed by atoms with Crippen LogP contribution in [0, 0.1) is 34.5 Å². The number of hydrogen-bond donors (Lipinski definition) is 1. The van der Waals surface area contributed by atoms with Gasteiger partial charge in [0.15, 0.2) is 5.78 Å². The van der Waals surface area contributed by atoms with Gasteiger partial charge in [0.2, 0.25) is 0 Å². The molecule has 1 heterocycles. The molecule has 0 aromatic heterocycles. The minimum atomic E-state index is -1.24. The van der Waals surface area contributed by atoms with Crippen molar-refractivity contribution < 1.29 is 24.2 Å². The summed E-state index contributed by atoms with van der Waals surface area (Å²) in [4.78, 5) is 39.4. The van der Waals surface area contributed by atoms with Crippen LogP contribution in [-0.2, 0) is 19.1 Å². The van der Waals surface area contributed by atoms with Gasteiger partial charge in [0.25, 0.3) is 0 Å². The molecule has 2 fully saturated rings. The van der Waals surface area contributed by atoms with Crippen molar-refractivity contribution in [3.63, 3.8) is 0 Å². The molecule has 8 atom stereocenters. The summed E-state index contributed by atoms with van der Waals surface area (Å²) in [5.41, 5.74) is 0.0296. The number of carbonyl (C=O) groups excluding carboxylic acids is 3. The highest BCUT2D eigenvalue weighted by atomic mass is 16.5. The van der Waals surface area contributed by atoms with Crippen molar-refractivity contribution in [2.24, 2.45) is 34.5 Å². The Bertz CT molecular complexity index is 1030. The van der Waals surface area contributed by atoms with E-state index in [1.807, 2.05) is 33.8 Å². The van der Waals surface area contributed by atoms with Crippen molar-refractivity contribution in [2.75, 3.05) is 0 Å². The number of hydrogen-bond acceptors (Lipinski definition) is 5. The maximum atomic E-state index is 13.9. The maximum absolute atomic E-state index is 13.9. The van der Waals surface area contributed by atoms with E-state index in [4.69, 9.17) is 4.74 Å². The van der Waals surface area contributed by atoms with E-state index in [9.17, 15) is 19.5 Å². The van der Waals surface area contributed by atoms with Crippen molar-refractivity contribution >= 4 is 17.5 Å². The van der Waals surface area contributed by atoms with Gasteiger partial charge in [-0.15, -0.1) is 0 Å². The Morgan fingerprint density at radius 1 is 1.12 bits per heavy atom. The van der Waals surface area contributed by atoms with Gasteiger partial charge in [-0.3, -0.25) is 9.59 Å². The predicted octanol–water partition coefficient (Wildman–Crippen LogP) is 4.49. The van der Waals surface area contributed by atoms with Gasteiger partial charge in [-0.05, 0) is 77.2 Å². The van der Waals surface area contributed by atoms with Gasteiger partial charge in [0.1, 0.15) is 11.9 Å². The van der Waals surface area contributed by atoms with Gasteiger partial charge >= 0.3 is 5.97 Å². The molecule has 1 aliphatic heterocycles. The van der Waals surface area contributed by atoms with Gasteiger partial charge < -0.3 is 9.84 Å². The molecule has 33 heavy (non-hydrogen) atoms. The van der Waals surface area contributed by atoms with Gasteiger partial charge in [-0.2, -0.15) is 0 Å². The lowest BCUT2D eigenvalue weighted by Crippen LogP contribution is -2.63. The fraction of sp³-hybridized carbons (Fsp3) is 0.679. The number of ether oxygens (including phenoxy) is 1. The monoisotopic (exact) mass is 452 g/mol. The fourth-order valence-corrected chi connectivity index (χ4v) is 8.15. The Kier molecular flexibility index (Phi) is 5.00. The average Bonchev–Trinajstić information content (AvgIpc) is 3.06. The van der Waals surface area contributed by atoms with Gasteiger partial charge in [0, 0.05) is 24.3 Å². The second kappa shape index (κ2) is 7.24. The van der Waals surface area contributed by atoms with E-state index in [1.54, 1.807) is 13.0 Å². The first-order valence-corrected chi connectivity index (χ1v) is 12.5. The summed E-state index contributed by atoms with van der Waals surface area (Å²) in [6, 6.07) is 0. The zero-order valence-electron chi connectivity index (χ0n) is 20.4. The second-order valence-corrected chi connectivity index (χ2v) is 11.6. The van der Waals surface area contributed by atoms with Crippen molar-refractivity contribution in [1.82, 2.24) is 0 Å². The van der Waals surface area contributed by atoms with Gasteiger partial charge in [-0.25, -0.2) is 4.79 Å². The molecular formula is C28H36O5. The number of ketones is 2. The van der Waals surface area contributed by atoms with Crippen LogP contribution in [-0.4, -0.2) is 34.3 Å². The van der Waals surface area contributed by atoms with Gasteiger partial charge in [-0.1, -0.05) is 30.2 Å². The first kappa shape index (κ1) is 22.8. The maximum Gasteiger partial charge on any atom is 0.333 e. The first-order chi connectivity index (χ1) is 15.5. The lowest BCUT2D eigenvalue weighted by molar-refractivity contribution is -0.185. The molecule has 0 bridgehead atoms. The number of fused-ring (bicyclic) bond motifs is 5. The van der Waals surface area contributed by atoms with Crippen LogP contribution in [0.25, 0.3) is 0 Å². The van der Waals surface area contributed by atoms with E-state index in [1.165, 1.54) is 0 Å². The average molecular weight is 453 g/mol. The molecule has 5 heteroatoms. The lowest BCUT2D eigenvalue weighted by Gasteiger charge is -2.57. The molecule has 0 aromatic carbocycles. The first-order valence-electron chi connectivity index (χ1n) is 12.5. The third-order valence-corrected chi connectivity index (χ3v) is 10.7. The fourth-order valence-electron chi connectivity index (χ4n) is 8.15. The number of carbonyl (C=O) groups is 3.